The molecule has 2 aromatic carbocycles. The van der Waals surface area contributed by atoms with Gasteiger partial charge in [-0.1, -0.05) is 23.7 Å². The van der Waals surface area contributed by atoms with Crippen molar-refractivity contribution in [2.45, 2.75) is 13.5 Å². The number of nitrogens with one attached hydrogen (secondary N) is 1. The predicted molar refractivity (Wildman–Crippen MR) is 113 cm³/mol. The number of halogens is 1. The number of nitro benzene ring substituents is 2. The van der Waals surface area contributed by atoms with E-state index in [-0.39, 0.29) is 11.4 Å². The van der Waals surface area contributed by atoms with Crippen molar-refractivity contribution in [3.05, 3.63) is 103 Å². The molecule has 0 aliphatic carbocycles. The molecule has 3 aromatic rings. The summed E-state index contributed by atoms with van der Waals surface area (Å²) >= 11 is 5.97. The minimum absolute atomic E-state index is 0.0472. The Morgan fingerprint density at radius 2 is 1.70 bits per heavy atom. The lowest BCUT2D eigenvalue weighted by atomic mass is 10.1. The van der Waals surface area contributed by atoms with Gasteiger partial charge in [-0.15, -0.1) is 0 Å². The van der Waals surface area contributed by atoms with Gasteiger partial charge in [0, 0.05) is 28.8 Å². The van der Waals surface area contributed by atoms with Crippen molar-refractivity contribution in [1.29, 1.82) is 0 Å². The zero-order valence-electron chi connectivity index (χ0n) is 15.9. The monoisotopic (exact) mass is 426 g/mol. The maximum Gasteiger partial charge on any atom is 0.301 e. The summed E-state index contributed by atoms with van der Waals surface area (Å²) in [5.41, 5.74) is 4.39. The Bertz CT molecular complexity index is 1120. The number of nitro groups is 2. The molecule has 1 N–H and O–H groups in total. The number of hydrogen-bond acceptors (Lipinski definition) is 6. The number of nitrogens with zero attached hydrogens (tertiary/aromatic N) is 4. The summed E-state index contributed by atoms with van der Waals surface area (Å²) in [4.78, 5) is 20.9. The first kappa shape index (κ1) is 20.9. The van der Waals surface area contributed by atoms with E-state index < -0.39 is 15.5 Å². The number of benzene rings is 2. The molecular formula is C20H17ClN5O4+. The third kappa shape index (κ3) is 5.15. The second-order valence-electron chi connectivity index (χ2n) is 6.44. The molecular weight excluding hydrogens is 410 g/mol. The van der Waals surface area contributed by atoms with Gasteiger partial charge in [0.1, 0.15) is 11.4 Å². The van der Waals surface area contributed by atoms with E-state index in [1.54, 1.807) is 24.3 Å². The first-order valence-electron chi connectivity index (χ1n) is 8.80. The molecule has 0 saturated carbocycles. The van der Waals surface area contributed by atoms with E-state index in [1.807, 2.05) is 36.0 Å². The molecule has 0 amide bonds. The minimum Gasteiger partial charge on any atom is -0.271 e. The Labute approximate surface area is 176 Å². The van der Waals surface area contributed by atoms with Crippen LogP contribution in [0.15, 0.2) is 72.1 Å². The lowest BCUT2D eigenvalue weighted by Crippen LogP contribution is -2.37. The Morgan fingerprint density at radius 3 is 2.30 bits per heavy atom. The number of hydrogen-bond donors (Lipinski definition) is 1. The van der Waals surface area contributed by atoms with Gasteiger partial charge in [-0.2, -0.15) is 9.67 Å². The van der Waals surface area contributed by atoms with Gasteiger partial charge in [-0.3, -0.25) is 25.7 Å². The van der Waals surface area contributed by atoms with E-state index >= 15 is 0 Å². The highest BCUT2D eigenvalue weighted by Gasteiger charge is 2.20. The van der Waals surface area contributed by atoms with Crippen LogP contribution in [0.3, 0.4) is 0 Å². The predicted octanol–water partition coefficient (Wildman–Crippen LogP) is 4.27. The molecule has 1 heterocycles. The summed E-state index contributed by atoms with van der Waals surface area (Å²) in [7, 11) is 0. The normalized spacial score (nSPS) is 11.2. The number of non-ortho nitro benzene ring substituents is 1. The van der Waals surface area contributed by atoms with Crippen molar-refractivity contribution in [3.63, 3.8) is 0 Å². The summed E-state index contributed by atoms with van der Waals surface area (Å²) in [5.74, 6) is 0. The topological polar surface area (TPSA) is 115 Å². The maximum absolute atomic E-state index is 11.3. The van der Waals surface area contributed by atoms with Gasteiger partial charge in [0.25, 0.3) is 5.69 Å². The lowest BCUT2D eigenvalue weighted by Gasteiger charge is -2.07. The van der Waals surface area contributed by atoms with Gasteiger partial charge in [-0.25, -0.2) is 0 Å². The number of aromatic nitrogens is 1. The van der Waals surface area contributed by atoms with Crippen LogP contribution in [0.5, 0.6) is 0 Å². The molecule has 0 aliphatic heterocycles. The highest BCUT2D eigenvalue weighted by molar-refractivity contribution is 6.30. The molecule has 10 heteroatoms. The highest BCUT2D eigenvalue weighted by Crippen LogP contribution is 2.29. The molecule has 0 saturated heterocycles. The Balaban J connectivity index is 1.97. The fraction of sp³-hybridized carbons (Fsp3) is 0.100. The first-order chi connectivity index (χ1) is 14.3. The van der Waals surface area contributed by atoms with Crippen LogP contribution in [0.4, 0.5) is 17.1 Å². The van der Waals surface area contributed by atoms with Crippen molar-refractivity contribution < 1.29 is 14.4 Å². The number of rotatable bonds is 7. The van der Waals surface area contributed by atoms with Gasteiger partial charge in [-0.05, 0) is 30.7 Å². The highest BCUT2D eigenvalue weighted by atomic mass is 35.5. The van der Waals surface area contributed by atoms with Crippen LogP contribution in [0.2, 0.25) is 5.02 Å². The number of anilines is 1. The summed E-state index contributed by atoms with van der Waals surface area (Å²) in [6.45, 7) is 2.36. The second kappa shape index (κ2) is 9.10. The lowest BCUT2D eigenvalue weighted by molar-refractivity contribution is -0.681. The summed E-state index contributed by atoms with van der Waals surface area (Å²) < 4.78 is 1.91. The van der Waals surface area contributed by atoms with Crippen LogP contribution >= 0.6 is 11.6 Å². The van der Waals surface area contributed by atoms with Crippen molar-refractivity contribution in [3.8, 4) is 0 Å². The molecule has 9 nitrogen and oxygen atoms in total. The number of aryl methyl sites for hydroxylation is 1. The van der Waals surface area contributed by atoms with Gasteiger partial charge in [0.2, 0.25) is 0 Å². The molecule has 30 heavy (non-hydrogen) atoms. The third-order valence-corrected chi connectivity index (χ3v) is 4.52. The molecule has 0 atom stereocenters. The third-order valence-electron chi connectivity index (χ3n) is 4.27. The quantitative estimate of drug-likeness (QED) is 0.262. The Kier molecular flexibility index (Phi) is 6.33. The van der Waals surface area contributed by atoms with Crippen molar-refractivity contribution in [1.82, 2.24) is 0 Å². The van der Waals surface area contributed by atoms with E-state index in [0.717, 1.165) is 17.2 Å². The first-order valence-corrected chi connectivity index (χ1v) is 9.18. The Morgan fingerprint density at radius 1 is 1.03 bits per heavy atom. The SMILES string of the molecule is Cc1cc[n+](C/C(=N/Nc2ccc([N+](=O)[O-])cc2[N+](=O)[O-])c2ccc(Cl)cc2)cc1. The minimum atomic E-state index is -0.693. The van der Waals surface area contributed by atoms with Crippen molar-refractivity contribution in [2.75, 3.05) is 5.43 Å². The average molecular weight is 427 g/mol. The van der Waals surface area contributed by atoms with Gasteiger partial charge in [0.15, 0.2) is 18.9 Å². The standard InChI is InChI=1S/C20H17ClN5O4/c1-14-8-10-24(11-9-14)13-19(15-2-4-16(21)5-3-15)23-22-18-7-6-17(25(27)28)12-20(18)26(29)30/h2-12,22H,13H2,1H3/q+1/b23-19-. The van der Waals surface area contributed by atoms with E-state index in [0.29, 0.717) is 17.3 Å². The van der Waals surface area contributed by atoms with Gasteiger partial charge in [0.05, 0.1) is 15.9 Å². The Hall–Kier alpha value is -3.85. The van der Waals surface area contributed by atoms with Crippen LogP contribution < -0.4 is 9.99 Å². The van der Waals surface area contributed by atoms with E-state index in [2.05, 4.69) is 10.5 Å². The summed E-state index contributed by atoms with van der Waals surface area (Å²) in [6, 6.07) is 14.3. The summed E-state index contributed by atoms with van der Waals surface area (Å²) in [5, 5.41) is 27.2. The van der Waals surface area contributed by atoms with Crippen molar-refractivity contribution in [2.24, 2.45) is 5.10 Å². The molecule has 0 aliphatic rings. The molecule has 1 aromatic heterocycles. The van der Waals surface area contributed by atoms with Crippen LogP contribution in [-0.2, 0) is 6.54 Å². The van der Waals surface area contributed by atoms with Crippen LogP contribution in [0, 0.1) is 27.2 Å². The largest absolute Gasteiger partial charge is 0.301 e. The van der Waals surface area contributed by atoms with E-state index in [1.165, 1.54) is 12.1 Å². The average Bonchev–Trinajstić information content (AvgIpc) is 2.73. The maximum atomic E-state index is 11.3. The molecule has 0 bridgehead atoms. The zero-order valence-corrected chi connectivity index (χ0v) is 16.6. The van der Waals surface area contributed by atoms with Crippen LogP contribution in [0.1, 0.15) is 11.1 Å². The van der Waals surface area contributed by atoms with Gasteiger partial charge < -0.3 is 0 Å². The zero-order chi connectivity index (χ0) is 21.7. The number of hydrazone groups is 1. The van der Waals surface area contributed by atoms with E-state index in [9.17, 15) is 20.2 Å². The molecule has 152 valence electrons. The molecule has 0 radical (unpaired) electrons. The van der Waals surface area contributed by atoms with Crippen LogP contribution in [0.25, 0.3) is 0 Å². The van der Waals surface area contributed by atoms with Crippen LogP contribution in [-0.4, -0.2) is 15.6 Å². The molecule has 0 fully saturated rings. The number of pyridine rings is 1. The molecule has 3 rings (SSSR count). The smallest absolute Gasteiger partial charge is 0.271 e. The summed E-state index contributed by atoms with van der Waals surface area (Å²) in [6.07, 6.45) is 3.80. The van der Waals surface area contributed by atoms with Crippen molar-refractivity contribution >= 4 is 34.4 Å². The van der Waals surface area contributed by atoms with E-state index in [4.69, 9.17) is 11.6 Å². The second-order valence-corrected chi connectivity index (χ2v) is 6.88. The molecule has 0 spiro atoms. The fourth-order valence-electron chi connectivity index (χ4n) is 2.65. The fourth-order valence-corrected chi connectivity index (χ4v) is 2.78. The molecule has 0 unspecified atom stereocenters. The van der Waals surface area contributed by atoms with Gasteiger partial charge >= 0.3 is 5.69 Å².